The molecule has 2 heterocycles. The Balaban J connectivity index is 1.77. The Morgan fingerprint density at radius 3 is 2.61 bits per heavy atom. The van der Waals surface area contributed by atoms with Gasteiger partial charge in [-0.05, 0) is 18.4 Å². The van der Waals surface area contributed by atoms with E-state index in [2.05, 4.69) is 20.3 Å². The molecule has 1 aromatic carbocycles. The number of ether oxygens (including phenoxy) is 1. The van der Waals surface area contributed by atoms with Gasteiger partial charge in [-0.1, -0.05) is 35.5 Å². The van der Waals surface area contributed by atoms with E-state index in [0.717, 1.165) is 0 Å². The Kier molecular flexibility index (Phi) is 6.54. The van der Waals surface area contributed by atoms with Gasteiger partial charge in [-0.2, -0.15) is 15.0 Å². The third kappa shape index (κ3) is 5.01. The normalized spacial score (nSPS) is 14.6. The lowest BCUT2D eigenvalue weighted by atomic mass is 10.4. The van der Waals surface area contributed by atoms with E-state index in [1.165, 1.54) is 30.0 Å². The van der Waals surface area contributed by atoms with Gasteiger partial charge in [0.05, 0.1) is 18.2 Å². The van der Waals surface area contributed by atoms with E-state index in [4.69, 9.17) is 16.3 Å². The molecule has 2 amide bonds. The zero-order valence-corrected chi connectivity index (χ0v) is 17.1. The van der Waals surface area contributed by atoms with E-state index in [1.807, 2.05) is 9.62 Å². The highest BCUT2D eigenvalue weighted by atomic mass is 35.5. The van der Waals surface area contributed by atoms with Gasteiger partial charge in [0.25, 0.3) is 10.0 Å². The molecule has 0 radical (unpaired) electrons. The molecule has 1 fully saturated rings. The molecule has 150 valence electrons. The van der Waals surface area contributed by atoms with Crippen LogP contribution in [0.2, 0.25) is 5.02 Å². The largest absolute Gasteiger partial charge is 0.378 e. The molecule has 1 aliphatic heterocycles. The molecule has 1 aliphatic rings. The van der Waals surface area contributed by atoms with Crippen molar-refractivity contribution in [3.63, 3.8) is 0 Å². The third-order valence-electron chi connectivity index (χ3n) is 3.66. The SMILES string of the molecule is CSc1nc(NC(=O)NS(=O)(=O)c2ccccc2Cl)nc(N2CCOCC2)n1. The van der Waals surface area contributed by atoms with Crippen molar-refractivity contribution in [2.45, 2.75) is 10.1 Å². The topological polar surface area (TPSA) is 126 Å². The van der Waals surface area contributed by atoms with Gasteiger partial charge in [-0.25, -0.2) is 17.9 Å². The number of hydrogen-bond acceptors (Lipinski definition) is 9. The third-order valence-corrected chi connectivity index (χ3v) is 6.04. The maximum absolute atomic E-state index is 12.4. The summed E-state index contributed by atoms with van der Waals surface area (Å²) in [6.45, 7) is 2.29. The van der Waals surface area contributed by atoms with Crippen LogP contribution in [0.15, 0.2) is 34.3 Å². The number of hydrogen-bond donors (Lipinski definition) is 2. The minimum atomic E-state index is -4.15. The average molecular weight is 445 g/mol. The van der Waals surface area contributed by atoms with Crippen LogP contribution in [0.1, 0.15) is 0 Å². The highest BCUT2D eigenvalue weighted by Crippen LogP contribution is 2.21. The molecule has 0 spiro atoms. The van der Waals surface area contributed by atoms with Crippen LogP contribution < -0.4 is 14.9 Å². The van der Waals surface area contributed by atoms with Gasteiger partial charge in [0.15, 0.2) is 5.16 Å². The summed E-state index contributed by atoms with van der Waals surface area (Å²) in [6, 6.07) is 4.79. The van der Waals surface area contributed by atoms with E-state index < -0.39 is 16.1 Å². The molecule has 28 heavy (non-hydrogen) atoms. The molecule has 1 aromatic heterocycles. The molecule has 0 bridgehead atoms. The zero-order chi connectivity index (χ0) is 20.1. The van der Waals surface area contributed by atoms with Crippen molar-refractivity contribution >= 4 is 51.3 Å². The van der Waals surface area contributed by atoms with Gasteiger partial charge in [0, 0.05) is 13.1 Å². The minimum absolute atomic E-state index is 0.00207. The van der Waals surface area contributed by atoms with Gasteiger partial charge < -0.3 is 9.64 Å². The number of benzene rings is 1. The molecule has 0 unspecified atom stereocenters. The van der Waals surface area contributed by atoms with Crippen LogP contribution in [-0.4, -0.2) is 62.0 Å². The number of carbonyl (C=O) groups excluding carboxylic acids is 1. The zero-order valence-electron chi connectivity index (χ0n) is 14.8. The maximum Gasteiger partial charge on any atom is 0.335 e. The monoisotopic (exact) mass is 444 g/mol. The summed E-state index contributed by atoms with van der Waals surface area (Å²) in [5, 5.41) is 2.73. The summed E-state index contributed by atoms with van der Waals surface area (Å²) in [5.41, 5.74) is 0. The number of urea groups is 1. The van der Waals surface area contributed by atoms with Gasteiger partial charge in [0.2, 0.25) is 11.9 Å². The Morgan fingerprint density at radius 2 is 1.93 bits per heavy atom. The highest BCUT2D eigenvalue weighted by molar-refractivity contribution is 7.98. The number of nitrogens with one attached hydrogen (secondary N) is 2. The van der Waals surface area contributed by atoms with Crippen molar-refractivity contribution in [2.75, 3.05) is 42.8 Å². The molecule has 0 saturated carbocycles. The highest BCUT2D eigenvalue weighted by Gasteiger charge is 2.22. The van der Waals surface area contributed by atoms with Crippen molar-refractivity contribution in [2.24, 2.45) is 0 Å². The van der Waals surface area contributed by atoms with Crippen molar-refractivity contribution in [1.29, 1.82) is 0 Å². The summed E-state index contributed by atoms with van der Waals surface area (Å²) < 4.78 is 31.9. The first-order valence-electron chi connectivity index (χ1n) is 8.10. The first kappa shape index (κ1) is 20.6. The average Bonchev–Trinajstić information content (AvgIpc) is 2.68. The predicted molar refractivity (Wildman–Crippen MR) is 105 cm³/mol. The molecule has 2 aromatic rings. The molecular weight excluding hydrogens is 428 g/mol. The van der Waals surface area contributed by atoms with Gasteiger partial charge in [-0.15, -0.1) is 0 Å². The lowest BCUT2D eigenvalue weighted by Gasteiger charge is -2.26. The number of halogens is 1. The molecular formula is C15H17ClN6O4S2. The van der Waals surface area contributed by atoms with E-state index in [9.17, 15) is 13.2 Å². The number of aromatic nitrogens is 3. The fraction of sp³-hybridized carbons (Fsp3) is 0.333. The first-order chi connectivity index (χ1) is 13.4. The van der Waals surface area contributed by atoms with Crippen molar-refractivity contribution in [1.82, 2.24) is 19.7 Å². The molecule has 3 rings (SSSR count). The lowest BCUT2D eigenvalue weighted by Crippen LogP contribution is -2.38. The lowest BCUT2D eigenvalue weighted by molar-refractivity contribution is 0.122. The van der Waals surface area contributed by atoms with Crippen LogP contribution >= 0.6 is 23.4 Å². The Bertz CT molecular complexity index is 969. The van der Waals surface area contributed by atoms with Gasteiger partial charge in [0.1, 0.15) is 4.90 Å². The Morgan fingerprint density at radius 1 is 1.21 bits per heavy atom. The van der Waals surface area contributed by atoms with E-state index in [-0.39, 0.29) is 15.9 Å². The molecule has 13 heteroatoms. The van der Waals surface area contributed by atoms with E-state index in [0.29, 0.717) is 37.4 Å². The molecule has 10 nitrogen and oxygen atoms in total. The number of thioether (sulfide) groups is 1. The van der Waals surface area contributed by atoms with E-state index >= 15 is 0 Å². The van der Waals surface area contributed by atoms with Crippen LogP contribution in [0.3, 0.4) is 0 Å². The number of anilines is 2. The molecule has 0 atom stereocenters. The second-order valence-corrected chi connectivity index (χ2v) is 8.37. The van der Waals surface area contributed by atoms with Crippen LogP contribution in [0.25, 0.3) is 0 Å². The number of morpholine rings is 1. The van der Waals surface area contributed by atoms with Crippen LogP contribution in [0.4, 0.5) is 16.7 Å². The number of amides is 2. The van der Waals surface area contributed by atoms with E-state index in [1.54, 1.807) is 12.3 Å². The van der Waals surface area contributed by atoms with Crippen LogP contribution in [-0.2, 0) is 14.8 Å². The second kappa shape index (κ2) is 8.90. The maximum atomic E-state index is 12.4. The molecule has 0 aliphatic carbocycles. The number of carbonyl (C=O) groups is 1. The fourth-order valence-corrected chi connectivity index (χ4v) is 4.14. The fourth-order valence-electron chi connectivity index (χ4n) is 2.36. The summed E-state index contributed by atoms with van der Waals surface area (Å²) in [5.74, 6) is 0.319. The standard InChI is InChI=1S/C15H17ClN6O4S2/c1-27-15-19-12(17-13(20-15)22-6-8-26-9-7-22)18-14(23)21-28(24,25)11-5-3-2-4-10(11)16/h2-5H,6-9H2,1H3,(H2,17,18,19,20,21,23). The summed E-state index contributed by atoms with van der Waals surface area (Å²) >= 11 is 7.17. The van der Waals surface area contributed by atoms with Crippen LogP contribution in [0, 0.1) is 0 Å². The van der Waals surface area contributed by atoms with Gasteiger partial charge >= 0.3 is 6.03 Å². The van der Waals surface area contributed by atoms with Crippen LogP contribution in [0.5, 0.6) is 0 Å². The van der Waals surface area contributed by atoms with Crippen molar-refractivity contribution in [3.8, 4) is 0 Å². The minimum Gasteiger partial charge on any atom is -0.378 e. The Hall–Kier alpha value is -2.15. The quantitative estimate of drug-likeness (QED) is 0.661. The first-order valence-corrected chi connectivity index (χ1v) is 11.2. The molecule has 1 saturated heterocycles. The summed E-state index contributed by atoms with van der Waals surface area (Å²) in [7, 11) is -4.15. The second-order valence-electron chi connectivity index (χ2n) is 5.54. The number of sulfonamides is 1. The number of rotatable bonds is 5. The van der Waals surface area contributed by atoms with Gasteiger partial charge in [-0.3, -0.25) is 5.32 Å². The van der Waals surface area contributed by atoms with Crippen molar-refractivity contribution in [3.05, 3.63) is 29.3 Å². The molecule has 2 N–H and O–H groups in total. The predicted octanol–water partition coefficient (Wildman–Crippen LogP) is 1.59. The van der Waals surface area contributed by atoms with Crippen molar-refractivity contribution < 1.29 is 17.9 Å². The Labute approximate surface area is 171 Å². The smallest absolute Gasteiger partial charge is 0.335 e. The number of nitrogens with zero attached hydrogens (tertiary/aromatic N) is 4. The summed E-state index contributed by atoms with van der Waals surface area (Å²) in [4.78, 5) is 26.5. The summed E-state index contributed by atoms with van der Waals surface area (Å²) in [6.07, 6.45) is 1.78.